The highest BCUT2D eigenvalue weighted by atomic mass is 16.5. The first kappa shape index (κ1) is 17.0. The van der Waals surface area contributed by atoms with Gasteiger partial charge < -0.3 is 15.0 Å². The van der Waals surface area contributed by atoms with E-state index in [0.717, 1.165) is 23.2 Å². The van der Waals surface area contributed by atoms with Gasteiger partial charge in [0, 0.05) is 12.7 Å². The molecule has 1 aliphatic rings. The number of aryl methyl sites for hydroxylation is 1. The molecule has 0 fully saturated rings. The summed E-state index contributed by atoms with van der Waals surface area (Å²) in [5.74, 6) is 0.487. The molecule has 0 saturated heterocycles. The molecule has 0 spiro atoms. The van der Waals surface area contributed by atoms with E-state index in [2.05, 4.69) is 12.2 Å². The van der Waals surface area contributed by atoms with Crippen LogP contribution in [0, 0.1) is 0 Å². The molecular weight excluding hydrogens is 316 g/mol. The summed E-state index contributed by atoms with van der Waals surface area (Å²) in [6, 6.07) is 13.3. The van der Waals surface area contributed by atoms with Gasteiger partial charge in [-0.3, -0.25) is 9.59 Å². The van der Waals surface area contributed by atoms with Crippen LogP contribution in [0.15, 0.2) is 42.5 Å². The topological polar surface area (TPSA) is 58.6 Å². The van der Waals surface area contributed by atoms with Gasteiger partial charge in [0.25, 0.3) is 5.91 Å². The van der Waals surface area contributed by atoms with Crippen molar-refractivity contribution in [2.45, 2.75) is 32.8 Å². The smallest absolute Gasteiger partial charge is 0.267 e. The number of nitrogens with zero attached hydrogens (tertiary/aromatic N) is 1. The Balaban J connectivity index is 1.75. The van der Waals surface area contributed by atoms with E-state index in [4.69, 9.17) is 4.74 Å². The molecule has 130 valence electrons. The van der Waals surface area contributed by atoms with Crippen LogP contribution < -0.4 is 15.0 Å². The Morgan fingerprint density at radius 1 is 1.24 bits per heavy atom. The van der Waals surface area contributed by atoms with E-state index in [0.29, 0.717) is 11.4 Å². The summed E-state index contributed by atoms with van der Waals surface area (Å²) in [4.78, 5) is 26.0. The highest BCUT2D eigenvalue weighted by Gasteiger charge is 2.29. The number of amides is 2. The first-order valence-electron chi connectivity index (χ1n) is 8.44. The third-order valence-electron chi connectivity index (χ3n) is 4.40. The Hall–Kier alpha value is -2.82. The van der Waals surface area contributed by atoms with Gasteiger partial charge >= 0.3 is 0 Å². The van der Waals surface area contributed by atoms with E-state index in [1.54, 1.807) is 18.9 Å². The maximum Gasteiger partial charge on any atom is 0.267 e. The SMILES string of the molecule is CCc1ccccc1NC(=O)Cc1ccc2c(c1)N(C)C(=O)C(C)O2. The molecule has 5 heteroatoms. The molecule has 1 unspecified atom stereocenters. The molecule has 2 amide bonds. The van der Waals surface area contributed by atoms with E-state index in [9.17, 15) is 9.59 Å². The maximum atomic E-state index is 12.4. The number of likely N-dealkylation sites (N-methyl/N-ethyl adjacent to an activating group) is 1. The van der Waals surface area contributed by atoms with E-state index in [1.165, 1.54) is 0 Å². The quantitative estimate of drug-likeness (QED) is 0.931. The molecule has 0 saturated carbocycles. The normalized spacial score (nSPS) is 16.2. The second-order valence-corrected chi connectivity index (χ2v) is 6.20. The van der Waals surface area contributed by atoms with Gasteiger partial charge in [-0.15, -0.1) is 0 Å². The van der Waals surface area contributed by atoms with Crippen LogP contribution in [-0.2, 0) is 22.4 Å². The lowest BCUT2D eigenvalue weighted by molar-refractivity contribution is -0.125. The zero-order valence-corrected chi connectivity index (χ0v) is 14.7. The van der Waals surface area contributed by atoms with Crippen LogP contribution in [-0.4, -0.2) is 25.0 Å². The second-order valence-electron chi connectivity index (χ2n) is 6.20. The molecular formula is C20H22N2O3. The van der Waals surface area contributed by atoms with Gasteiger partial charge in [-0.25, -0.2) is 0 Å². The number of benzene rings is 2. The Labute approximate surface area is 147 Å². The molecule has 1 aliphatic heterocycles. The monoisotopic (exact) mass is 338 g/mol. The molecule has 1 heterocycles. The van der Waals surface area contributed by atoms with Crippen molar-refractivity contribution in [1.29, 1.82) is 0 Å². The Bertz CT molecular complexity index is 816. The van der Waals surface area contributed by atoms with Gasteiger partial charge in [0.05, 0.1) is 12.1 Å². The molecule has 1 atom stereocenters. The highest BCUT2D eigenvalue weighted by Crippen LogP contribution is 2.34. The van der Waals surface area contributed by atoms with Crippen LogP contribution in [0.3, 0.4) is 0 Å². The molecule has 0 aliphatic carbocycles. The standard InChI is InChI=1S/C20H22N2O3/c1-4-15-7-5-6-8-16(15)21-19(23)12-14-9-10-18-17(11-14)22(3)20(24)13(2)25-18/h5-11,13H,4,12H2,1-3H3,(H,21,23). The molecule has 0 bridgehead atoms. The number of hydrogen-bond donors (Lipinski definition) is 1. The van der Waals surface area contributed by atoms with Crippen molar-refractivity contribution in [2.24, 2.45) is 0 Å². The molecule has 25 heavy (non-hydrogen) atoms. The van der Waals surface area contributed by atoms with Gasteiger partial charge in [-0.2, -0.15) is 0 Å². The van der Waals surface area contributed by atoms with Crippen molar-refractivity contribution in [3.05, 3.63) is 53.6 Å². The molecule has 0 aromatic heterocycles. The summed E-state index contributed by atoms with van der Waals surface area (Å²) in [7, 11) is 1.72. The first-order chi connectivity index (χ1) is 12.0. The number of hydrogen-bond acceptors (Lipinski definition) is 3. The van der Waals surface area contributed by atoms with Crippen LogP contribution in [0.2, 0.25) is 0 Å². The zero-order chi connectivity index (χ0) is 18.0. The molecule has 2 aromatic rings. The van der Waals surface area contributed by atoms with E-state index >= 15 is 0 Å². The molecule has 1 N–H and O–H groups in total. The molecule has 2 aromatic carbocycles. The van der Waals surface area contributed by atoms with Gasteiger partial charge in [-0.05, 0) is 42.7 Å². The third-order valence-corrected chi connectivity index (χ3v) is 4.40. The fraction of sp³-hybridized carbons (Fsp3) is 0.300. The van der Waals surface area contributed by atoms with Gasteiger partial charge in [0.15, 0.2) is 6.10 Å². The number of para-hydroxylation sites is 1. The number of carbonyl (C=O) groups excluding carboxylic acids is 2. The minimum atomic E-state index is -0.489. The lowest BCUT2D eigenvalue weighted by Crippen LogP contribution is -2.42. The van der Waals surface area contributed by atoms with Crippen LogP contribution in [0.4, 0.5) is 11.4 Å². The number of rotatable bonds is 4. The number of ether oxygens (including phenoxy) is 1. The summed E-state index contributed by atoms with van der Waals surface area (Å²) in [6.07, 6.45) is 0.609. The van der Waals surface area contributed by atoms with Crippen LogP contribution in [0.5, 0.6) is 5.75 Å². The zero-order valence-electron chi connectivity index (χ0n) is 14.7. The number of anilines is 2. The predicted octanol–water partition coefficient (Wildman–Crippen LogP) is 3.17. The summed E-state index contributed by atoms with van der Waals surface area (Å²) in [5.41, 5.74) is 3.48. The van der Waals surface area contributed by atoms with Gasteiger partial charge in [0.1, 0.15) is 5.75 Å². The minimum absolute atomic E-state index is 0.0834. The summed E-state index contributed by atoms with van der Waals surface area (Å²) >= 11 is 0. The van der Waals surface area contributed by atoms with Gasteiger partial charge in [0.2, 0.25) is 5.91 Å². The largest absolute Gasteiger partial charge is 0.479 e. The first-order valence-corrected chi connectivity index (χ1v) is 8.44. The molecule has 0 radical (unpaired) electrons. The van der Waals surface area contributed by atoms with Gasteiger partial charge in [-0.1, -0.05) is 31.2 Å². The third kappa shape index (κ3) is 3.50. The lowest BCUT2D eigenvalue weighted by Gasteiger charge is -2.30. The van der Waals surface area contributed by atoms with Crippen molar-refractivity contribution in [2.75, 3.05) is 17.3 Å². The predicted molar refractivity (Wildman–Crippen MR) is 98.1 cm³/mol. The van der Waals surface area contributed by atoms with Crippen molar-refractivity contribution >= 4 is 23.2 Å². The fourth-order valence-electron chi connectivity index (χ4n) is 3.00. The number of carbonyl (C=O) groups is 2. The maximum absolute atomic E-state index is 12.4. The number of fused-ring (bicyclic) bond motifs is 1. The van der Waals surface area contributed by atoms with E-state index in [1.807, 2.05) is 42.5 Å². The van der Waals surface area contributed by atoms with Crippen LogP contribution in [0.1, 0.15) is 25.0 Å². The summed E-state index contributed by atoms with van der Waals surface area (Å²) < 4.78 is 5.61. The second kappa shape index (κ2) is 6.97. The van der Waals surface area contributed by atoms with Crippen molar-refractivity contribution < 1.29 is 14.3 Å². The van der Waals surface area contributed by atoms with Crippen LogP contribution in [0.25, 0.3) is 0 Å². The average molecular weight is 338 g/mol. The van der Waals surface area contributed by atoms with E-state index < -0.39 is 6.10 Å². The fourth-order valence-corrected chi connectivity index (χ4v) is 3.00. The minimum Gasteiger partial charge on any atom is -0.479 e. The summed E-state index contributed by atoms with van der Waals surface area (Å²) in [6.45, 7) is 3.79. The Kier molecular flexibility index (Phi) is 4.74. The lowest BCUT2D eigenvalue weighted by atomic mass is 10.1. The van der Waals surface area contributed by atoms with Crippen molar-refractivity contribution in [1.82, 2.24) is 0 Å². The Morgan fingerprint density at radius 2 is 2.00 bits per heavy atom. The molecule has 5 nitrogen and oxygen atoms in total. The van der Waals surface area contributed by atoms with E-state index in [-0.39, 0.29) is 18.2 Å². The molecule has 3 rings (SSSR count). The Morgan fingerprint density at radius 3 is 2.76 bits per heavy atom. The van der Waals surface area contributed by atoms with Crippen LogP contribution >= 0.6 is 0 Å². The highest BCUT2D eigenvalue weighted by molar-refractivity contribution is 5.99. The summed E-state index contributed by atoms with van der Waals surface area (Å²) in [5, 5.41) is 2.97. The average Bonchev–Trinajstić information content (AvgIpc) is 2.61. The van der Waals surface area contributed by atoms with Crippen molar-refractivity contribution in [3.8, 4) is 5.75 Å². The number of nitrogens with one attached hydrogen (secondary N) is 1. The van der Waals surface area contributed by atoms with Crippen molar-refractivity contribution in [3.63, 3.8) is 0 Å².